The average molecular weight is 374 g/mol. The Labute approximate surface area is 158 Å². The fourth-order valence-electron chi connectivity index (χ4n) is 2.69. The first-order valence-electron chi connectivity index (χ1n) is 8.98. The highest BCUT2D eigenvalue weighted by Gasteiger charge is 2.27. The molecule has 2 rings (SSSR count). The third-order valence-corrected chi connectivity index (χ3v) is 4.31. The number of hydrogen-bond donors (Lipinski definition) is 1. The van der Waals surface area contributed by atoms with E-state index >= 15 is 0 Å². The summed E-state index contributed by atoms with van der Waals surface area (Å²) in [7, 11) is 0. The predicted molar refractivity (Wildman–Crippen MR) is 99.8 cm³/mol. The Balaban J connectivity index is 2.25. The van der Waals surface area contributed by atoms with Gasteiger partial charge in [-0.25, -0.2) is 8.78 Å². The van der Waals surface area contributed by atoms with E-state index in [0.717, 1.165) is 6.42 Å². The fraction of sp³-hybridized carbons (Fsp3) is 0.333. The van der Waals surface area contributed by atoms with Crippen LogP contribution >= 0.6 is 0 Å². The highest BCUT2D eigenvalue weighted by Crippen LogP contribution is 2.16. The van der Waals surface area contributed by atoms with Crippen molar-refractivity contribution in [2.75, 3.05) is 6.54 Å². The minimum Gasteiger partial charge on any atom is -0.354 e. The number of carbonyl (C=O) groups is 2. The molecule has 0 spiro atoms. The molecular weight excluding hydrogens is 350 g/mol. The van der Waals surface area contributed by atoms with Crippen LogP contribution in [0.3, 0.4) is 0 Å². The van der Waals surface area contributed by atoms with E-state index in [2.05, 4.69) is 5.32 Å². The van der Waals surface area contributed by atoms with Crippen LogP contribution in [0.25, 0.3) is 0 Å². The number of rotatable bonds is 8. The van der Waals surface area contributed by atoms with E-state index in [1.165, 1.54) is 23.1 Å². The van der Waals surface area contributed by atoms with Crippen LogP contribution < -0.4 is 5.32 Å². The van der Waals surface area contributed by atoms with Gasteiger partial charge in [0.15, 0.2) is 0 Å². The van der Waals surface area contributed by atoms with Crippen molar-refractivity contribution >= 4 is 11.8 Å². The second-order valence-corrected chi connectivity index (χ2v) is 6.35. The van der Waals surface area contributed by atoms with E-state index in [0.29, 0.717) is 12.1 Å². The molecule has 0 fully saturated rings. The van der Waals surface area contributed by atoms with Gasteiger partial charge in [-0.1, -0.05) is 43.3 Å². The van der Waals surface area contributed by atoms with Crippen molar-refractivity contribution < 1.29 is 18.4 Å². The molecule has 0 bridgehead atoms. The Morgan fingerprint density at radius 3 is 2.11 bits per heavy atom. The molecule has 1 atom stereocenters. The van der Waals surface area contributed by atoms with Crippen LogP contribution in [0, 0.1) is 11.6 Å². The van der Waals surface area contributed by atoms with Crippen molar-refractivity contribution in [1.29, 1.82) is 0 Å². The molecule has 0 saturated carbocycles. The van der Waals surface area contributed by atoms with Gasteiger partial charge in [0, 0.05) is 18.7 Å². The minimum absolute atomic E-state index is 0.0688. The molecule has 0 aliphatic heterocycles. The summed E-state index contributed by atoms with van der Waals surface area (Å²) in [5.41, 5.74) is 0.539. The quantitative estimate of drug-likeness (QED) is 0.769. The van der Waals surface area contributed by atoms with Crippen molar-refractivity contribution in [2.24, 2.45) is 0 Å². The van der Waals surface area contributed by atoms with E-state index in [4.69, 9.17) is 0 Å². The number of halogens is 2. The van der Waals surface area contributed by atoms with Crippen LogP contribution in [-0.4, -0.2) is 29.3 Å². The van der Waals surface area contributed by atoms with Gasteiger partial charge < -0.3 is 10.2 Å². The van der Waals surface area contributed by atoms with E-state index in [1.54, 1.807) is 37.3 Å². The Morgan fingerprint density at radius 1 is 1.00 bits per heavy atom. The van der Waals surface area contributed by atoms with Crippen molar-refractivity contribution in [3.63, 3.8) is 0 Å². The van der Waals surface area contributed by atoms with Gasteiger partial charge in [0.1, 0.15) is 17.7 Å². The molecule has 1 N–H and O–H groups in total. The second-order valence-electron chi connectivity index (χ2n) is 6.35. The largest absolute Gasteiger partial charge is 0.354 e. The topological polar surface area (TPSA) is 49.4 Å². The summed E-state index contributed by atoms with van der Waals surface area (Å²) in [6.45, 7) is 3.93. The molecule has 0 aromatic heterocycles. The first-order chi connectivity index (χ1) is 12.9. The summed E-state index contributed by atoms with van der Waals surface area (Å²) >= 11 is 0. The molecule has 6 heteroatoms. The highest BCUT2D eigenvalue weighted by atomic mass is 19.1. The lowest BCUT2D eigenvalue weighted by Gasteiger charge is -2.29. The third kappa shape index (κ3) is 5.61. The van der Waals surface area contributed by atoms with Gasteiger partial charge in [-0.3, -0.25) is 9.59 Å². The molecular formula is C21H24F2N2O2. The fourth-order valence-corrected chi connectivity index (χ4v) is 2.69. The number of hydrogen-bond acceptors (Lipinski definition) is 2. The second kappa shape index (κ2) is 9.80. The summed E-state index contributed by atoms with van der Waals surface area (Å²) in [5, 5.41) is 2.74. The SMILES string of the molecule is CCCNC(=O)[C@@H](C)N(Cc1ccccc1F)C(=O)Cc1ccccc1F. The molecule has 0 radical (unpaired) electrons. The monoisotopic (exact) mass is 374 g/mol. The number of carbonyl (C=O) groups excluding carboxylic acids is 2. The van der Waals surface area contributed by atoms with Crippen LogP contribution in [0.1, 0.15) is 31.4 Å². The van der Waals surface area contributed by atoms with Crippen LogP contribution in [-0.2, 0) is 22.6 Å². The molecule has 2 aromatic rings. The van der Waals surface area contributed by atoms with Gasteiger partial charge in [0.25, 0.3) is 0 Å². The maximum atomic E-state index is 14.1. The lowest BCUT2D eigenvalue weighted by molar-refractivity contribution is -0.140. The zero-order chi connectivity index (χ0) is 19.8. The number of nitrogens with zero attached hydrogens (tertiary/aromatic N) is 1. The summed E-state index contributed by atoms with van der Waals surface area (Å²) < 4.78 is 28.0. The molecule has 4 nitrogen and oxygen atoms in total. The van der Waals surface area contributed by atoms with Crippen molar-refractivity contribution in [2.45, 2.75) is 39.3 Å². The lowest BCUT2D eigenvalue weighted by atomic mass is 10.1. The van der Waals surface area contributed by atoms with Gasteiger partial charge in [0.05, 0.1) is 6.42 Å². The summed E-state index contributed by atoms with van der Waals surface area (Å²) in [4.78, 5) is 26.5. The van der Waals surface area contributed by atoms with E-state index in [9.17, 15) is 18.4 Å². The van der Waals surface area contributed by atoms with Crippen LogP contribution in [0.4, 0.5) is 8.78 Å². The third-order valence-electron chi connectivity index (χ3n) is 4.31. The summed E-state index contributed by atoms with van der Waals surface area (Å²) in [5.74, 6) is -1.71. The van der Waals surface area contributed by atoms with Crippen LogP contribution in [0.5, 0.6) is 0 Å². The zero-order valence-electron chi connectivity index (χ0n) is 15.5. The molecule has 0 aliphatic rings. The number of nitrogens with one attached hydrogen (secondary N) is 1. The van der Waals surface area contributed by atoms with Gasteiger partial charge in [0.2, 0.25) is 11.8 Å². The average Bonchev–Trinajstić information content (AvgIpc) is 2.66. The maximum Gasteiger partial charge on any atom is 0.242 e. The van der Waals surface area contributed by atoms with Gasteiger partial charge >= 0.3 is 0 Å². The van der Waals surface area contributed by atoms with Crippen molar-refractivity contribution in [3.05, 3.63) is 71.3 Å². The smallest absolute Gasteiger partial charge is 0.242 e. The molecule has 0 aliphatic carbocycles. The first kappa shape index (κ1) is 20.6. The maximum absolute atomic E-state index is 14.1. The molecule has 0 heterocycles. The summed E-state index contributed by atoms with van der Waals surface area (Å²) in [6, 6.07) is 11.3. The Hall–Kier alpha value is -2.76. The van der Waals surface area contributed by atoms with Gasteiger partial charge in [-0.05, 0) is 31.0 Å². The molecule has 2 amide bonds. The van der Waals surface area contributed by atoms with E-state index in [1.807, 2.05) is 6.92 Å². The zero-order valence-corrected chi connectivity index (χ0v) is 15.5. The van der Waals surface area contributed by atoms with E-state index in [-0.39, 0.29) is 24.4 Å². The number of amides is 2. The minimum atomic E-state index is -0.810. The Morgan fingerprint density at radius 2 is 1.56 bits per heavy atom. The molecule has 144 valence electrons. The highest BCUT2D eigenvalue weighted by molar-refractivity contribution is 5.88. The molecule has 27 heavy (non-hydrogen) atoms. The number of benzene rings is 2. The van der Waals surface area contributed by atoms with Gasteiger partial charge in [-0.15, -0.1) is 0 Å². The Bertz CT molecular complexity index is 795. The summed E-state index contributed by atoms with van der Waals surface area (Å²) in [6.07, 6.45) is 0.557. The normalized spacial score (nSPS) is 11.7. The molecule has 0 saturated heterocycles. The molecule has 0 unspecified atom stereocenters. The van der Waals surface area contributed by atoms with E-state index < -0.39 is 23.6 Å². The molecule has 2 aromatic carbocycles. The predicted octanol–water partition coefficient (Wildman–Crippen LogP) is 3.45. The van der Waals surface area contributed by atoms with Crippen LogP contribution in [0.2, 0.25) is 0 Å². The Kier molecular flexibility index (Phi) is 7.46. The van der Waals surface area contributed by atoms with Crippen molar-refractivity contribution in [3.8, 4) is 0 Å². The van der Waals surface area contributed by atoms with Crippen molar-refractivity contribution in [1.82, 2.24) is 10.2 Å². The first-order valence-corrected chi connectivity index (χ1v) is 8.98. The standard InChI is InChI=1S/C21H24F2N2O2/c1-3-12-24-21(27)15(2)25(14-17-9-5-7-11-19(17)23)20(26)13-16-8-4-6-10-18(16)22/h4-11,15H,3,12-14H2,1-2H3,(H,24,27)/t15-/m1/s1. The van der Waals surface area contributed by atoms with Crippen LogP contribution in [0.15, 0.2) is 48.5 Å². The van der Waals surface area contributed by atoms with Gasteiger partial charge in [-0.2, -0.15) is 0 Å². The lowest BCUT2D eigenvalue weighted by Crippen LogP contribution is -2.48.